The predicted molar refractivity (Wildman–Crippen MR) is 72.6 cm³/mol. The maximum atomic E-state index is 4.30. The van der Waals surface area contributed by atoms with Crippen LogP contribution < -0.4 is 10.2 Å². The molecule has 2 heterocycles. The van der Waals surface area contributed by atoms with Gasteiger partial charge in [0.15, 0.2) is 0 Å². The molecule has 16 heavy (non-hydrogen) atoms. The van der Waals surface area contributed by atoms with Gasteiger partial charge in [-0.1, -0.05) is 0 Å². The van der Waals surface area contributed by atoms with Gasteiger partial charge in [0.2, 0.25) is 0 Å². The summed E-state index contributed by atoms with van der Waals surface area (Å²) in [6.45, 7) is 5.34. The molecular weight excluding hydrogens is 218 g/mol. The summed E-state index contributed by atoms with van der Waals surface area (Å²) in [7, 11) is 0. The summed E-state index contributed by atoms with van der Waals surface area (Å²) >= 11 is 2.06. The molecule has 0 aliphatic carbocycles. The smallest absolute Gasteiger partial charge is 0.127 e. The van der Waals surface area contributed by atoms with Crippen molar-refractivity contribution in [2.24, 2.45) is 0 Å². The van der Waals surface area contributed by atoms with E-state index in [-0.39, 0.29) is 0 Å². The standard InChI is InChI=1S/C12H19N3S/c1-2-13-12-10-11(4-5-14-12)15-6-3-8-16-9-7-15/h4-5,10H,2-3,6-9H2,1H3,(H,13,14). The number of hydrogen-bond acceptors (Lipinski definition) is 4. The van der Waals surface area contributed by atoms with Crippen molar-refractivity contribution >= 4 is 23.3 Å². The Labute approximate surface area is 102 Å². The molecule has 0 spiro atoms. The topological polar surface area (TPSA) is 28.2 Å². The van der Waals surface area contributed by atoms with Gasteiger partial charge < -0.3 is 10.2 Å². The molecule has 0 radical (unpaired) electrons. The first-order chi connectivity index (χ1) is 7.90. The maximum Gasteiger partial charge on any atom is 0.127 e. The van der Waals surface area contributed by atoms with Gasteiger partial charge >= 0.3 is 0 Å². The summed E-state index contributed by atoms with van der Waals surface area (Å²) in [4.78, 5) is 6.77. The Bertz CT molecular complexity index is 322. The third-order valence-corrected chi connectivity index (χ3v) is 3.74. The fourth-order valence-corrected chi connectivity index (χ4v) is 2.78. The third-order valence-electron chi connectivity index (χ3n) is 2.69. The fourth-order valence-electron chi connectivity index (χ4n) is 1.90. The number of rotatable bonds is 3. The van der Waals surface area contributed by atoms with Crippen LogP contribution in [0.15, 0.2) is 18.3 Å². The van der Waals surface area contributed by atoms with Crippen LogP contribution in [0.1, 0.15) is 13.3 Å². The van der Waals surface area contributed by atoms with Gasteiger partial charge in [-0.05, 0) is 25.2 Å². The average molecular weight is 237 g/mol. The molecular formula is C12H19N3S. The van der Waals surface area contributed by atoms with Crippen LogP contribution in [0.4, 0.5) is 11.5 Å². The van der Waals surface area contributed by atoms with Gasteiger partial charge in [0.1, 0.15) is 5.82 Å². The van der Waals surface area contributed by atoms with E-state index in [0.717, 1.165) is 18.9 Å². The van der Waals surface area contributed by atoms with Gasteiger partial charge in [-0.25, -0.2) is 4.98 Å². The van der Waals surface area contributed by atoms with Gasteiger partial charge in [-0.15, -0.1) is 0 Å². The molecule has 1 aromatic rings. The summed E-state index contributed by atoms with van der Waals surface area (Å²) in [6.07, 6.45) is 3.18. The van der Waals surface area contributed by atoms with E-state index < -0.39 is 0 Å². The van der Waals surface area contributed by atoms with E-state index >= 15 is 0 Å². The van der Waals surface area contributed by atoms with Crippen molar-refractivity contribution in [3.8, 4) is 0 Å². The molecule has 1 fully saturated rings. The number of thioether (sulfide) groups is 1. The van der Waals surface area contributed by atoms with Crippen molar-refractivity contribution in [3.05, 3.63) is 18.3 Å². The molecule has 0 atom stereocenters. The molecule has 1 aromatic heterocycles. The first-order valence-corrected chi connectivity index (χ1v) is 7.08. The van der Waals surface area contributed by atoms with Crippen molar-refractivity contribution in [1.82, 2.24) is 4.98 Å². The van der Waals surface area contributed by atoms with Gasteiger partial charge in [0.05, 0.1) is 0 Å². The Balaban J connectivity index is 2.08. The number of aromatic nitrogens is 1. The highest BCUT2D eigenvalue weighted by molar-refractivity contribution is 7.99. The number of hydrogen-bond donors (Lipinski definition) is 1. The summed E-state index contributed by atoms with van der Waals surface area (Å²) < 4.78 is 0. The first kappa shape index (κ1) is 11.6. The Kier molecular flexibility index (Phi) is 4.34. The second-order valence-corrected chi connectivity index (χ2v) is 5.11. The molecule has 0 amide bonds. The summed E-state index contributed by atoms with van der Waals surface area (Å²) in [5.74, 6) is 3.51. The molecule has 2 rings (SSSR count). The molecule has 88 valence electrons. The SMILES string of the molecule is CCNc1cc(N2CCCSCC2)ccn1. The predicted octanol–water partition coefficient (Wildman–Crippen LogP) is 2.46. The number of nitrogens with zero attached hydrogens (tertiary/aromatic N) is 2. The van der Waals surface area contributed by atoms with Crippen LogP contribution in [-0.4, -0.2) is 36.1 Å². The third kappa shape index (κ3) is 3.04. The minimum Gasteiger partial charge on any atom is -0.371 e. The highest BCUT2D eigenvalue weighted by Crippen LogP contribution is 2.20. The van der Waals surface area contributed by atoms with Crippen LogP contribution in [0.2, 0.25) is 0 Å². The van der Waals surface area contributed by atoms with Gasteiger partial charge in [-0.3, -0.25) is 0 Å². The quantitative estimate of drug-likeness (QED) is 0.874. The van der Waals surface area contributed by atoms with Crippen LogP contribution >= 0.6 is 11.8 Å². The molecule has 1 N–H and O–H groups in total. The lowest BCUT2D eigenvalue weighted by atomic mass is 10.3. The highest BCUT2D eigenvalue weighted by atomic mass is 32.2. The van der Waals surface area contributed by atoms with Crippen LogP contribution in [-0.2, 0) is 0 Å². The van der Waals surface area contributed by atoms with E-state index in [9.17, 15) is 0 Å². The first-order valence-electron chi connectivity index (χ1n) is 5.93. The van der Waals surface area contributed by atoms with E-state index in [0.29, 0.717) is 0 Å². The molecule has 0 aromatic carbocycles. The van der Waals surface area contributed by atoms with E-state index in [1.807, 2.05) is 6.20 Å². The van der Waals surface area contributed by atoms with Crippen LogP contribution in [0.5, 0.6) is 0 Å². The zero-order valence-corrected chi connectivity index (χ0v) is 10.6. The lowest BCUT2D eigenvalue weighted by Crippen LogP contribution is -2.25. The lowest BCUT2D eigenvalue weighted by Gasteiger charge is -2.22. The molecule has 0 unspecified atom stereocenters. The Hall–Kier alpha value is -0.900. The van der Waals surface area contributed by atoms with Crippen LogP contribution in [0.3, 0.4) is 0 Å². The molecule has 4 heteroatoms. The summed E-state index contributed by atoms with van der Waals surface area (Å²) in [6, 6.07) is 4.26. The van der Waals surface area contributed by atoms with E-state index in [2.05, 4.69) is 46.0 Å². The molecule has 1 aliphatic heterocycles. The number of pyridine rings is 1. The van der Waals surface area contributed by atoms with Crippen molar-refractivity contribution in [3.63, 3.8) is 0 Å². The molecule has 0 bridgehead atoms. The molecule has 0 saturated carbocycles. The normalized spacial score (nSPS) is 16.9. The lowest BCUT2D eigenvalue weighted by molar-refractivity contribution is 0.815. The van der Waals surface area contributed by atoms with Crippen molar-refractivity contribution in [2.45, 2.75) is 13.3 Å². The van der Waals surface area contributed by atoms with E-state index in [1.54, 1.807) is 0 Å². The second-order valence-electron chi connectivity index (χ2n) is 3.88. The Morgan fingerprint density at radius 2 is 2.38 bits per heavy atom. The molecule has 1 saturated heterocycles. The average Bonchev–Trinajstić information content (AvgIpc) is 2.58. The van der Waals surface area contributed by atoms with Gasteiger partial charge in [0.25, 0.3) is 0 Å². The van der Waals surface area contributed by atoms with Crippen LogP contribution in [0, 0.1) is 0 Å². The fraction of sp³-hybridized carbons (Fsp3) is 0.583. The summed E-state index contributed by atoms with van der Waals surface area (Å²) in [5.41, 5.74) is 1.30. The van der Waals surface area contributed by atoms with Gasteiger partial charge in [-0.2, -0.15) is 11.8 Å². The van der Waals surface area contributed by atoms with Crippen molar-refractivity contribution < 1.29 is 0 Å². The second kappa shape index (κ2) is 5.99. The van der Waals surface area contributed by atoms with Crippen molar-refractivity contribution in [1.29, 1.82) is 0 Å². The highest BCUT2D eigenvalue weighted by Gasteiger charge is 2.10. The Morgan fingerprint density at radius 3 is 3.25 bits per heavy atom. The van der Waals surface area contributed by atoms with Crippen molar-refractivity contribution in [2.75, 3.05) is 41.4 Å². The van der Waals surface area contributed by atoms with Gasteiger partial charge in [0, 0.05) is 43.3 Å². The minimum absolute atomic E-state index is 0.923. The zero-order valence-electron chi connectivity index (χ0n) is 9.78. The number of anilines is 2. The maximum absolute atomic E-state index is 4.30. The zero-order chi connectivity index (χ0) is 11.2. The summed E-state index contributed by atoms with van der Waals surface area (Å²) in [5, 5.41) is 3.26. The van der Waals surface area contributed by atoms with E-state index in [4.69, 9.17) is 0 Å². The monoisotopic (exact) mass is 237 g/mol. The minimum atomic E-state index is 0.923. The molecule has 1 aliphatic rings. The van der Waals surface area contributed by atoms with E-state index in [1.165, 1.54) is 30.2 Å². The number of nitrogens with one attached hydrogen (secondary N) is 1. The Morgan fingerprint density at radius 1 is 1.44 bits per heavy atom. The van der Waals surface area contributed by atoms with Crippen LogP contribution in [0.25, 0.3) is 0 Å². The molecule has 3 nitrogen and oxygen atoms in total. The largest absolute Gasteiger partial charge is 0.371 e.